The number of Topliss-reactive ketones (excluding diaryl/α,β-unsaturated/α-hetero) is 1. The maximum Gasteiger partial charge on any atom is 0.158 e. The van der Waals surface area contributed by atoms with Crippen LogP contribution in [0.1, 0.15) is 43.2 Å². The molecule has 0 fully saturated rings. The summed E-state index contributed by atoms with van der Waals surface area (Å²) in [6, 6.07) is 19.8. The van der Waals surface area contributed by atoms with Crippen molar-refractivity contribution in [3.05, 3.63) is 71.8 Å². The van der Waals surface area contributed by atoms with Crippen molar-refractivity contribution in [3.63, 3.8) is 0 Å². The molecule has 146 valence electrons. The Kier molecular flexibility index (Phi) is 10.4. The first-order chi connectivity index (χ1) is 13.2. The summed E-state index contributed by atoms with van der Waals surface area (Å²) in [4.78, 5) is 11.8. The smallest absolute Gasteiger partial charge is 0.158 e. The summed E-state index contributed by atoms with van der Waals surface area (Å²) in [5, 5.41) is 9.95. The first-order valence-corrected chi connectivity index (χ1v) is 9.67. The molecule has 0 aliphatic carbocycles. The summed E-state index contributed by atoms with van der Waals surface area (Å²) in [5.74, 6) is 0.137. The van der Waals surface area contributed by atoms with E-state index in [1.54, 1.807) is 0 Å². The summed E-state index contributed by atoms with van der Waals surface area (Å²) in [6.07, 6.45) is 3.46. The van der Waals surface area contributed by atoms with Crippen LogP contribution in [-0.4, -0.2) is 30.2 Å². The summed E-state index contributed by atoms with van der Waals surface area (Å²) in [5.41, 5.74) is 2.19. The van der Waals surface area contributed by atoms with Crippen LogP contribution in [0.5, 0.6) is 0 Å². The Morgan fingerprint density at radius 2 is 1.41 bits per heavy atom. The molecule has 0 saturated carbocycles. The standard InChI is InChI=1S/C23H30O4/c24-22(18-26-16-20-10-4-1-5-11-20)14-8-3-9-15-23(25)19-27-17-21-12-6-2-7-13-21/h1-2,4-7,10-13,22,24H,3,8-9,14-19H2/t22-/m1/s1. The van der Waals surface area contributed by atoms with E-state index < -0.39 is 6.10 Å². The van der Waals surface area contributed by atoms with Gasteiger partial charge in [0, 0.05) is 6.42 Å². The normalized spacial score (nSPS) is 12.0. The van der Waals surface area contributed by atoms with Crippen molar-refractivity contribution < 1.29 is 19.4 Å². The molecule has 2 rings (SSSR count). The van der Waals surface area contributed by atoms with E-state index in [9.17, 15) is 9.90 Å². The zero-order valence-corrected chi connectivity index (χ0v) is 15.9. The Morgan fingerprint density at radius 1 is 0.815 bits per heavy atom. The number of aliphatic hydroxyl groups excluding tert-OH is 1. The molecule has 0 saturated heterocycles. The van der Waals surface area contributed by atoms with Crippen molar-refractivity contribution in [2.24, 2.45) is 0 Å². The van der Waals surface area contributed by atoms with E-state index in [4.69, 9.17) is 9.47 Å². The number of hydrogen-bond donors (Lipinski definition) is 1. The van der Waals surface area contributed by atoms with Crippen molar-refractivity contribution in [1.82, 2.24) is 0 Å². The zero-order chi connectivity index (χ0) is 19.2. The van der Waals surface area contributed by atoms with Crippen molar-refractivity contribution in [2.75, 3.05) is 13.2 Å². The minimum atomic E-state index is -0.446. The molecule has 2 aromatic carbocycles. The van der Waals surface area contributed by atoms with Crippen molar-refractivity contribution in [2.45, 2.75) is 51.4 Å². The lowest BCUT2D eigenvalue weighted by Crippen LogP contribution is -2.15. The van der Waals surface area contributed by atoms with Crippen LogP contribution in [0.25, 0.3) is 0 Å². The zero-order valence-electron chi connectivity index (χ0n) is 15.9. The third-order valence-electron chi connectivity index (χ3n) is 4.29. The van der Waals surface area contributed by atoms with Crippen molar-refractivity contribution in [3.8, 4) is 0 Å². The van der Waals surface area contributed by atoms with Gasteiger partial charge in [-0.1, -0.05) is 73.5 Å². The third-order valence-corrected chi connectivity index (χ3v) is 4.29. The molecule has 4 nitrogen and oxygen atoms in total. The van der Waals surface area contributed by atoms with Gasteiger partial charge in [0.25, 0.3) is 0 Å². The Bertz CT molecular complexity index is 627. The minimum absolute atomic E-state index is 0.137. The average Bonchev–Trinajstić information content (AvgIpc) is 2.69. The second kappa shape index (κ2) is 13.2. The van der Waals surface area contributed by atoms with Gasteiger partial charge in [-0.15, -0.1) is 0 Å². The molecule has 4 heteroatoms. The second-order valence-electron chi connectivity index (χ2n) is 6.77. The summed E-state index contributed by atoms with van der Waals surface area (Å²) >= 11 is 0. The fraction of sp³-hybridized carbons (Fsp3) is 0.435. The van der Waals surface area contributed by atoms with E-state index in [0.29, 0.717) is 32.7 Å². The number of ketones is 1. The number of rotatable bonds is 14. The molecular weight excluding hydrogens is 340 g/mol. The second-order valence-corrected chi connectivity index (χ2v) is 6.77. The summed E-state index contributed by atoms with van der Waals surface area (Å²) in [7, 11) is 0. The van der Waals surface area contributed by atoms with Crippen LogP contribution in [-0.2, 0) is 27.5 Å². The van der Waals surface area contributed by atoms with Crippen LogP contribution >= 0.6 is 0 Å². The van der Waals surface area contributed by atoms with Crippen molar-refractivity contribution in [1.29, 1.82) is 0 Å². The Hall–Kier alpha value is -2.01. The van der Waals surface area contributed by atoms with E-state index in [1.807, 2.05) is 60.7 Å². The van der Waals surface area contributed by atoms with Gasteiger partial charge in [-0.3, -0.25) is 4.79 Å². The van der Waals surface area contributed by atoms with E-state index in [1.165, 1.54) is 0 Å². The van der Waals surface area contributed by atoms with Gasteiger partial charge in [0.15, 0.2) is 5.78 Å². The molecule has 27 heavy (non-hydrogen) atoms. The third kappa shape index (κ3) is 10.0. The van der Waals surface area contributed by atoms with E-state index >= 15 is 0 Å². The van der Waals surface area contributed by atoms with Gasteiger partial charge in [-0.05, 0) is 24.0 Å². The number of unbranched alkanes of at least 4 members (excludes halogenated alkanes) is 2. The van der Waals surface area contributed by atoms with Gasteiger partial charge < -0.3 is 14.6 Å². The molecular formula is C23H30O4. The Labute approximate surface area is 162 Å². The topological polar surface area (TPSA) is 55.8 Å². The molecule has 0 unspecified atom stereocenters. The van der Waals surface area contributed by atoms with Crippen LogP contribution in [0.2, 0.25) is 0 Å². The molecule has 2 aromatic rings. The Balaban J connectivity index is 1.42. The number of benzene rings is 2. The lowest BCUT2D eigenvalue weighted by molar-refractivity contribution is -0.124. The van der Waals surface area contributed by atoms with Crippen LogP contribution in [0.4, 0.5) is 0 Å². The molecule has 0 radical (unpaired) electrons. The van der Waals surface area contributed by atoms with Crippen LogP contribution in [0.3, 0.4) is 0 Å². The molecule has 0 aromatic heterocycles. The van der Waals surface area contributed by atoms with Gasteiger partial charge in [0.05, 0.1) is 25.9 Å². The fourth-order valence-electron chi connectivity index (χ4n) is 2.78. The maximum atomic E-state index is 11.8. The maximum absolute atomic E-state index is 11.8. The largest absolute Gasteiger partial charge is 0.391 e. The molecule has 0 aliphatic heterocycles. The number of carbonyl (C=O) groups is 1. The van der Waals surface area contributed by atoms with E-state index in [0.717, 1.165) is 30.4 Å². The van der Waals surface area contributed by atoms with E-state index in [-0.39, 0.29) is 12.4 Å². The predicted octanol–water partition coefficient (Wildman–Crippen LogP) is 4.30. The molecule has 1 atom stereocenters. The molecule has 1 N–H and O–H groups in total. The monoisotopic (exact) mass is 370 g/mol. The quantitative estimate of drug-likeness (QED) is 0.504. The lowest BCUT2D eigenvalue weighted by atomic mass is 10.1. The highest BCUT2D eigenvalue weighted by Crippen LogP contribution is 2.08. The molecule has 0 bridgehead atoms. The average molecular weight is 370 g/mol. The number of hydrogen-bond acceptors (Lipinski definition) is 4. The number of aliphatic hydroxyl groups is 1. The molecule has 0 amide bonds. The SMILES string of the molecule is O=C(CCCCC[C@@H](O)COCc1ccccc1)COCc1ccccc1. The first kappa shape index (κ1) is 21.3. The van der Waals surface area contributed by atoms with Crippen LogP contribution < -0.4 is 0 Å². The summed E-state index contributed by atoms with van der Waals surface area (Å²) in [6.45, 7) is 1.52. The highest BCUT2D eigenvalue weighted by molar-refractivity contribution is 5.79. The lowest BCUT2D eigenvalue weighted by Gasteiger charge is -2.11. The highest BCUT2D eigenvalue weighted by atomic mass is 16.5. The number of carbonyl (C=O) groups excluding carboxylic acids is 1. The van der Waals surface area contributed by atoms with Gasteiger partial charge in [0.1, 0.15) is 6.61 Å². The van der Waals surface area contributed by atoms with E-state index in [2.05, 4.69) is 0 Å². The number of ether oxygens (including phenoxy) is 2. The highest BCUT2D eigenvalue weighted by Gasteiger charge is 2.06. The van der Waals surface area contributed by atoms with Crippen molar-refractivity contribution >= 4 is 5.78 Å². The van der Waals surface area contributed by atoms with Crippen LogP contribution in [0, 0.1) is 0 Å². The fourth-order valence-corrected chi connectivity index (χ4v) is 2.78. The van der Waals surface area contributed by atoms with Gasteiger partial charge in [0.2, 0.25) is 0 Å². The first-order valence-electron chi connectivity index (χ1n) is 9.67. The molecule has 0 aliphatic rings. The predicted molar refractivity (Wildman–Crippen MR) is 106 cm³/mol. The Morgan fingerprint density at radius 3 is 2.04 bits per heavy atom. The summed E-state index contributed by atoms with van der Waals surface area (Å²) < 4.78 is 11.0. The molecule has 0 spiro atoms. The van der Waals surface area contributed by atoms with Crippen LogP contribution in [0.15, 0.2) is 60.7 Å². The molecule has 0 heterocycles. The van der Waals surface area contributed by atoms with Gasteiger partial charge >= 0.3 is 0 Å². The minimum Gasteiger partial charge on any atom is -0.391 e. The van der Waals surface area contributed by atoms with Gasteiger partial charge in [-0.25, -0.2) is 0 Å². The van der Waals surface area contributed by atoms with Gasteiger partial charge in [-0.2, -0.15) is 0 Å².